The molecular formula is C44H79NO5S. The van der Waals surface area contributed by atoms with E-state index in [0.717, 1.165) is 83.5 Å². The first-order valence-corrected chi connectivity index (χ1v) is 22.6. The van der Waals surface area contributed by atoms with E-state index in [0.29, 0.717) is 6.42 Å². The highest BCUT2D eigenvalue weighted by molar-refractivity contribution is 7.85. The van der Waals surface area contributed by atoms with Crippen LogP contribution in [-0.4, -0.2) is 41.9 Å². The number of rotatable bonds is 37. The minimum absolute atomic E-state index is 0.277. The van der Waals surface area contributed by atoms with Gasteiger partial charge < -0.3 is 10.4 Å². The number of nitrogens with one attached hydrogen (secondary N) is 1. The molecule has 51 heavy (non-hydrogen) atoms. The summed E-state index contributed by atoms with van der Waals surface area (Å²) in [5.74, 6) is -1.000. The standard InChI is InChI=1S/C44H79NO5S/c1-3-5-7-9-11-13-15-17-19-21-22-24-26-28-30-32-34-36-38-40-44(47)45-42(41-51(48,49)50)43(46)39-37-35-33-31-29-27-25-23-20-18-16-14-12-10-8-6-4-2/h5,7,11,13,17,19,22,24,37,39,42-43,46H,3-4,6,8-10,12,14-16,18,20-21,23,25-36,38,40-41H2,1-2H3,(H,45,47)(H,48,49,50)/b7-5-,13-11-,19-17-,24-22-,39-37+. The van der Waals surface area contributed by atoms with E-state index in [-0.39, 0.29) is 12.3 Å². The van der Waals surface area contributed by atoms with Crippen molar-refractivity contribution in [3.8, 4) is 0 Å². The van der Waals surface area contributed by atoms with Crippen molar-refractivity contribution in [2.75, 3.05) is 5.75 Å². The molecule has 2 unspecified atom stereocenters. The Morgan fingerprint density at radius 3 is 1.39 bits per heavy atom. The maximum atomic E-state index is 12.5. The number of carbonyl (C=O) groups excluding carboxylic acids is 1. The number of hydrogen-bond acceptors (Lipinski definition) is 4. The van der Waals surface area contributed by atoms with Gasteiger partial charge in [0, 0.05) is 6.42 Å². The van der Waals surface area contributed by atoms with Crippen LogP contribution < -0.4 is 5.32 Å². The van der Waals surface area contributed by atoms with Crippen LogP contribution in [-0.2, 0) is 14.9 Å². The number of amides is 1. The molecule has 0 spiro atoms. The van der Waals surface area contributed by atoms with Crippen molar-refractivity contribution in [2.45, 2.75) is 206 Å². The van der Waals surface area contributed by atoms with Crippen LogP contribution in [0, 0.1) is 0 Å². The van der Waals surface area contributed by atoms with Gasteiger partial charge in [0.05, 0.1) is 17.9 Å². The van der Waals surface area contributed by atoms with Crippen molar-refractivity contribution in [1.29, 1.82) is 0 Å². The average molecular weight is 734 g/mol. The van der Waals surface area contributed by atoms with Crippen LogP contribution in [0.2, 0.25) is 0 Å². The SMILES string of the molecule is CC/C=C\C/C=C\C/C=C\C/C=C\CCCCCCCCC(=O)NC(CS(=O)(=O)O)C(O)/C=C/CCCCCCCCCCCCCCCCC. The van der Waals surface area contributed by atoms with Gasteiger partial charge in [-0.25, -0.2) is 0 Å². The zero-order valence-corrected chi connectivity index (χ0v) is 33.8. The molecule has 0 heterocycles. The van der Waals surface area contributed by atoms with E-state index < -0.39 is 28.0 Å². The molecule has 0 aliphatic heterocycles. The quantitative estimate of drug-likeness (QED) is 0.0335. The van der Waals surface area contributed by atoms with Crippen molar-refractivity contribution in [3.63, 3.8) is 0 Å². The summed E-state index contributed by atoms with van der Waals surface area (Å²) in [6, 6.07) is -1.07. The Morgan fingerprint density at radius 1 is 0.549 bits per heavy atom. The third kappa shape index (κ3) is 39.1. The molecule has 0 radical (unpaired) electrons. The third-order valence-electron chi connectivity index (χ3n) is 9.20. The third-order valence-corrected chi connectivity index (χ3v) is 9.98. The molecule has 0 saturated heterocycles. The Morgan fingerprint density at radius 2 is 0.941 bits per heavy atom. The minimum atomic E-state index is -4.35. The van der Waals surface area contributed by atoms with Crippen LogP contribution in [0.25, 0.3) is 0 Å². The number of unbranched alkanes of at least 4 members (excludes halogenated alkanes) is 21. The van der Waals surface area contributed by atoms with Gasteiger partial charge in [0.25, 0.3) is 10.1 Å². The average Bonchev–Trinajstić information content (AvgIpc) is 3.09. The lowest BCUT2D eigenvalue weighted by Crippen LogP contribution is -2.46. The van der Waals surface area contributed by atoms with Crippen molar-refractivity contribution in [3.05, 3.63) is 60.8 Å². The second-order valence-corrected chi connectivity index (χ2v) is 15.7. The van der Waals surface area contributed by atoms with Crippen molar-refractivity contribution in [2.24, 2.45) is 0 Å². The maximum Gasteiger partial charge on any atom is 0.267 e. The van der Waals surface area contributed by atoms with Gasteiger partial charge >= 0.3 is 0 Å². The maximum absolute atomic E-state index is 12.5. The molecule has 2 atom stereocenters. The van der Waals surface area contributed by atoms with Gasteiger partial charge in [-0.3, -0.25) is 9.35 Å². The van der Waals surface area contributed by atoms with E-state index in [1.807, 2.05) is 6.08 Å². The van der Waals surface area contributed by atoms with Crippen molar-refractivity contribution in [1.82, 2.24) is 5.32 Å². The second-order valence-electron chi connectivity index (χ2n) is 14.2. The van der Waals surface area contributed by atoms with Crippen LogP contribution in [0.3, 0.4) is 0 Å². The molecule has 1 amide bonds. The number of carbonyl (C=O) groups is 1. The topological polar surface area (TPSA) is 104 Å². The minimum Gasteiger partial charge on any atom is -0.387 e. The molecule has 0 aromatic carbocycles. The van der Waals surface area contributed by atoms with E-state index in [2.05, 4.69) is 67.8 Å². The second kappa shape index (κ2) is 37.8. The lowest BCUT2D eigenvalue weighted by Gasteiger charge is -2.21. The zero-order valence-electron chi connectivity index (χ0n) is 33.0. The molecule has 0 fully saturated rings. The molecule has 296 valence electrons. The summed E-state index contributed by atoms with van der Waals surface area (Å²) in [6.07, 6.45) is 52.0. The van der Waals surface area contributed by atoms with Crippen LogP contribution in [0.1, 0.15) is 194 Å². The first kappa shape index (κ1) is 49.0. The highest BCUT2D eigenvalue weighted by Gasteiger charge is 2.24. The van der Waals surface area contributed by atoms with E-state index in [9.17, 15) is 22.9 Å². The van der Waals surface area contributed by atoms with Gasteiger partial charge in [0.1, 0.15) is 0 Å². The van der Waals surface area contributed by atoms with Gasteiger partial charge in [0.2, 0.25) is 5.91 Å². The molecule has 6 nitrogen and oxygen atoms in total. The Bertz CT molecular complexity index is 1030. The molecule has 0 rings (SSSR count). The number of allylic oxidation sites excluding steroid dienone is 9. The van der Waals surface area contributed by atoms with Gasteiger partial charge in [-0.2, -0.15) is 8.42 Å². The number of aliphatic hydroxyl groups is 1. The van der Waals surface area contributed by atoms with Crippen molar-refractivity contribution >= 4 is 16.0 Å². The fourth-order valence-corrected chi connectivity index (χ4v) is 6.82. The molecule has 0 aromatic rings. The monoisotopic (exact) mass is 734 g/mol. The number of hydrogen-bond donors (Lipinski definition) is 3. The summed E-state index contributed by atoms with van der Waals surface area (Å²) in [5, 5.41) is 13.2. The molecule has 0 aromatic heterocycles. The highest BCUT2D eigenvalue weighted by atomic mass is 32.2. The van der Waals surface area contributed by atoms with Gasteiger partial charge in [-0.15, -0.1) is 0 Å². The fourth-order valence-electron chi connectivity index (χ4n) is 6.09. The molecule has 0 aliphatic rings. The fraction of sp³-hybridized carbons (Fsp3) is 0.750. The van der Waals surface area contributed by atoms with Gasteiger partial charge in [-0.05, 0) is 57.8 Å². The van der Waals surface area contributed by atoms with E-state index in [4.69, 9.17) is 0 Å². The largest absolute Gasteiger partial charge is 0.387 e. The lowest BCUT2D eigenvalue weighted by atomic mass is 10.0. The Labute approximate surface area is 315 Å². The van der Waals surface area contributed by atoms with Crippen LogP contribution in [0.4, 0.5) is 0 Å². The first-order chi connectivity index (χ1) is 24.8. The zero-order chi connectivity index (χ0) is 37.5. The van der Waals surface area contributed by atoms with Gasteiger partial charge in [0.15, 0.2) is 0 Å². The van der Waals surface area contributed by atoms with E-state index in [1.54, 1.807) is 6.08 Å². The Kier molecular flexibility index (Phi) is 36.3. The molecule has 7 heteroatoms. The van der Waals surface area contributed by atoms with E-state index in [1.165, 1.54) is 83.5 Å². The summed E-state index contributed by atoms with van der Waals surface area (Å²) < 4.78 is 32.5. The molecular weight excluding hydrogens is 655 g/mol. The highest BCUT2D eigenvalue weighted by Crippen LogP contribution is 2.14. The van der Waals surface area contributed by atoms with E-state index >= 15 is 0 Å². The Balaban J connectivity index is 3.96. The Hall–Kier alpha value is -1.96. The molecule has 3 N–H and O–H groups in total. The lowest BCUT2D eigenvalue weighted by molar-refractivity contribution is -0.122. The van der Waals surface area contributed by atoms with Crippen LogP contribution in [0.15, 0.2) is 60.8 Å². The predicted molar refractivity (Wildman–Crippen MR) is 221 cm³/mol. The molecule has 0 saturated carbocycles. The van der Waals surface area contributed by atoms with Gasteiger partial charge in [-0.1, -0.05) is 190 Å². The summed E-state index contributed by atoms with van der Waals surface area (Å²) in [4.78, 5) is 12.5. The van der Waals surface area contributed by atoms with Crippen LogP contribution >= 0.6 is 0 Å². The summed E-state index contributed by atoms with van der Waals surface area (Å²) in [6.45, 7) is 4.41. The normalized spacial score (nSPS) is 13.9. The number of aliphatic hydroxyl groups excluding tert-OH is 1. The predicted octanol–water partition coefficient (Wildman–Crippen LogP) is 12.5. The van der Waals surface area contributed by atoms with Crippen LogP contribution in [0.5, 0.6) is 0 Å². The molecule has 0 aliphatic carbocycles. The summed E-state index contributed by atoms with van der Waals surface area (Å²) in [5.41, 5.74) is 0. The van der Waals surface area contributed by atoms with Crippen molar-refractivity contribution < 1.29 is 22.9 Å². The summed E-state index contributed by atoms with van der Waals surface area (Å²) in [7, 11) is -4.35. The summed E-state index contributed by atoms with van der Waals surface area (Å²) >= 11 is 0. The smallest absolute Gasteiger partial charge is 0.267 e. The molecule has 0 bridgehead atoms. The first-order valence-electron chi connectivity index (χ1n) is 21.0.